The van der Waals surface area contributed by atoms with E-state index in [9.17, 15) is 0 Å². The standard InChI is InChI=1S/C15H21ClN2O2/c1-10-7-18(9-13(10)17)8-11-5-12(16)15-14(6-11)19-3-2-4-20-15/h5-6,10,13H,2-4,7-9,17H2,1H3. The summed E-state index contributed by atoms with van der Waals surface area (Å²) >= 11 is 6.31. The number of likely N-dealkylation sites (tertiary alicyclic amines) is 1. The first kappa shape index (κ1) is 14.0. The van der Waals surface area contributed by atoms with Gasteiger partial charge in [0.2, 0.25) is 0 Å². The Balaban J connectivity index is 1.77. The molecule has 2 aliphatic heterocycles. The van der Waals surface area contributed by atoms with E-state index < -0.39 is 0 Å². The molecule has 2 heterocycles. The number of halogens is 1. The minimum atomic E-state index is 0.269. The highest BCUT2D eigenvalue weighted by Crippen LogP contribution is 2.38. The SMILES string of the molecule is CC1CN(Cc2cc(Cl)c3c(c2)OCCCO3)CC1N. The molecule has 2 unspecified atom stereocenters. The topological polar surface area (TPSA) is 47.7 Å². The Morgan fingerprint density at radius 2 is 2.10 bits per heavy atom. The van der Waals surface area contributed by atoms with Crippen LogP contribution in [0, 0.1) is 5.92 Å². The van der Waals surface area contributed by atoms with Gasteiger partial charge in [0.15, 0.2) is 11.5 Å². The maximum atomic E-state index is 6.31. The molecule has 5 heteroatoms. The third-order valence-corrected chi connectivity index (χ3v) is 4.29. The number of hydrogen-bond acceptors (Lipinski definition) is 4. The first-order chi connectivity index (χ1) is 9.63. The summed E-state index contributed by atoms with van der Waals surface area (Å²) in [6.07, 6.45) is 0.888. The zero-order valence-corrected chi connectivity index (χ0v) is 12.5. The van der Waals surface area contributed by atoms with Gasteiger partial charge in [-0.3, -0.25) is 4.90 Å². The number of nitrogens with two attached hydrogens (primary N) is 1. The quantitative estimate of drug-likeness (QED) is 0.909. The Kier molecular flexibility index (Phi) is 4.06. The second kappa shape index (κ2) is 5.80. The molecule has 1 saturated heterocycles. The number of fused-ring (bicyclic) bond motifs is 1. The molecule has 2 aliphatic rings. The predicted octanol–water partition coefficient (Wildman–Crippen LogP) is 2.28. The highest BCUT2D eigenvalue weighted by Gasteiger charge is 2.27. The van der Waals surface area contributed by atoms with Gasteiger partial charge in [0.1, 0.15) is 0 Å². The molecule has 2 atom stereocenters. The Morgan fingerprint density at radius 1 is 1.30 bits per heavy atom. The van der Waals surface area contributed by atoms with Crippen LogP contribution in [0.15, 0.2) is 12.1 Å². The van der Waals surface area contributed by atoms with Crippen LogP contribution in [-0.2, 0) is 6.54 Å². The second-order valence-corrected chi connectivity index (χ2v) is 6.20. The largest absolute Gasteiger partial charge is 0.489 e. The van der Waals surface area contributed by atoms with Crippen LogP contribution in [0.5, 0.6) is 11.5 Å². The van der Waals surface area contributed by atoms with E-state index >= 15 is 0 Å². The summed E-state index contributed by atoms with van der Waals surface area (Å²) in [6.45, 7) is 6.36. The fraction of sp³-hybridized carbons (Fsp3) is 0.600. The highest BCUT2D eigenvalue weighted by molar-refractivity contribution is 6.32. The number of benzene rings is 1. The minimum Gasteiger partial charge on any atom is -0.489 e. The molecule has 3 rings (SSSR count). The molecule has 0 aromatic heterocycles. The number of ether oxygens (including phenoxy) is 2. The fourth-order valence-electron chi connectivity index (χ4n) is 2.86. The molecule has 1 aromatic rings. The van der Waals surface area contributed by atoms with Gasteiger partial charge in [0, 0.05) is 32.1 Å². The molecule has 4 nitrogen and oxygen atoms in total. The van der Waals surface area contributed by atoms with Crippen LogP contribution in [-0.4, -0.2) is 37.2 Å². The molecule has 0 aliphatic carbocycles. The van der Waals surface area contributed by atoms with Gasteiger partial charge in [-0.1, -0.05) is 18.5 Å². The van der Waals surface area contributed by atoms with Crippen molar-refractivity contribution >= 4 is 11.6 Å². The van der Waals surface area contributed by atoms with Gasteiger partial charge in [0.05, 0.1) is 18.2 Å². The van der Waals surface area contributed by atoms with E-state index in [4.69, 9.17) is 26.8 Å². The Hall–Kier alpha value is -0.970. The van der Waals surface area contributed by atoms with E-state index in [1.165, 1.54) is 0 Å². The normalized spacial score (nSPS) is 26.6. The van der Waals surface area contributed by atoms with E-state index in [-0.39, 0.29) is 6.04 Å². The van der Waals surface area contributed by atoms with Crippen LogP contribution in [0.2, 0.25) is 5.02 Å². The summed E-state index contributed by atoms with van der Waals surface area (Å²) in [7, 11) is 0. The van der Waals surface area contributed by atoms with Gasteiger partial charge in [0.25, 0.3) is 0 Å². The molecular formula is C15H21ClN2O2. The maximum Gasteiger partial charge on any atom is 0.179 e. The smallest absolute Gasteiger partial charge is 0.179 e. The summed E-state index contributed by atoms with van der Waals surface area (Å²) in [5.41, 5.74) is 7.22. The van der Waals surface area contributed by atoms with Crippen LogP contribution >= 0.6 is 11.6 Å². The first-order valence-corrected chi connectivity index (χ1v) is 7.57. The van der Waals surface area contributed by atoms with Crippen LogP contribution in [0.4, 0.5) is 0 Å². The van der Waals surface area contributed by atoms with Gasteiger partial charge in [-0.15, -0.1) is 0 Å². The van der Waals surface area contributed by atoms with Crippen molar-refractivity contribution in [2.75, 3.05) is 26.3 Å². The van der Waals surface area contributed by atoms with Gasteiger partial charge in [-0.2, -0.15) is 0 Å². The summed E-state index contributed by atoms with van der Waals surface area (Å²) < 4.78 is 11.4. The van der Waals surface area contributed by atoms with Crippen molar-refractivity contribution < 1.29 is 9.47 Å². The Morgan fingerprint density at radius 3 is 2.85 bits per heavy atom. The van der Waals surface area contributed by atoms with Crippen molar-refractivity contribution in [3.8, 4) is 11.5 Å². The van der Waals surface area contributed by atoms with E-state index in [0.29, 0.717) is 29.9 Å². The lowest BCUT2D eigenvalue weighted by Crippen LogP contribution is -2.28. The van der Waals surface area contributed by atoms with Gasteiger partial charge in [-0.25, -0.2) is 0 Å². The monoisotopic (exact) mass is 296 g/mol. The number of hydrogen-bond donors (Lipinski definition) is 1. The molecule has 110 valence electrons. The van der Waals surface area contributed by atoms with E-state index in [2.05, 4.69) is 11.8 Å². The summed E-state index contributed by atoms with van der Waals surface area (Å²) in [4.78, 5) is 2.37. The molecule has 2 N–H and O–H groups in total. The Bertz CT molecular complexity index is 485. The lowest BCUT2D eigenvalue weighted by molar-refractivity contribution is 0.296. The molecule has 0 amide bonds. The van der Waals surface area contributed by atoms with Crippen molar-refractivity contribution in [1.29, 1.82) is 0 Å². The van der Waals surface area contributed by atoms with Crippen molar-refractivity contribution in [2.24, 2.45) is 11.7 Å². The molecule has 0 spiro atoms. The molecular weight excluding hydrogens is 276 g/mol. The maximum absolute atomic E-state index is 6.31. The average molecular weight is 297 g/mol. The van der Waals surface area contributed by atoms with Crippen LogP contribution in [0.1, 0.15) is 18.9 Å². The van der Waals surface area contributed by atoms with E-state index in [1.807, 2.05) is 12.1 Å². The molecule has 1 fully saturated rings. The molecule has 1 aromatic carbocycles. The van der Waals surface area contributed by atoms with Crippen LogP contribution in [0.3, 0.4) is 0 Å². The van der Waals surface area contributed by atoms with Crippen LogP contribution in [0.25, 0.3) is 0 Å². The van der Waals surface area contributed by atoms with Gasteiger partial charge in [-0.05, 0) is 23.6 Å². The minimum absolute atomic E-state index is 0.269. The van der Waals surface area contributed by atoms with E-state index in [0.717, 1.165) is 37.4 Å². The lowest BCUT2D eigenvalue weighted by Gasteiger charge is -2.17. The highest BCUT2D eigenvalue weighted by atomic mass is 35.5. The third-order valence-electron chi connectivity index (χ3n) is 4.01. The molecule has 20 heavy (non-hydrogen) atoms. The Labute approximate surface area is 124 Å². The van der Waals surface area contributed by atoms with Crippen LogP contribution < -0.4 is 15.2 Å². The second-order valence-electron chi connectivity index (χ2n) is 5.79. The summed E-state index contributed by atoms with van der Waals surface area (Å²) in [6, 6.07) is 4.29. The molecule has 0 radical (unpaired) electrons. The van der Waals surface area contributed by atoms with Gasteiger partial charge < -0.3 is 15.2 Å². The summed E-state index contributed by atoms with van der Waals surface area (Å²) in [5, 5.41) is 0.635. The van der Waals surface area contributed by atoms with Crippen molar-refractivity contribution in [2.45, 2.75) is 25.9 Å². The molecule has 0 bridgehead atoms. The van der Waals surface area contributed by atoms with E-state index in [1.54, 1.807) is 0 Å². The van der Waals surface area contributed by atoms with Crippen molar-refractivity contribution in [3.63, 3.8) is 0 Å². The number of rotatable bonds is 2. The third kappa shape index (κ3) is 2.87. The first-order valence-electron chi connectivity index (χ1n) is 7.19. The zero-order valence-electron chi connectivity index (χ0n) is 11.8. The van der Waals surface area contributed by atoms with Crippen molar-refractivity contribution in [1.82, 2.24) is 4.90 Å². The van der Waals surface area contributed by atoms with Crippen molar-refractivity contribution in [3.05, 3.63) is 22.7 Å². The average Bonchev–Trinajstić information content (AvgIpc) is 2.62. The summed E-state index contributed by atoms with van der Waals surface area (Å²) in [5.74, 6) is 1.99. The molecule has 0 saturated carbocycles. The number of nitrogens with zero attached hydrogens (tertiary/aromatic N) is 1. The fourth-order valence-corrected chi connectivity index (χ4v) is 3.15. The van der Waals surface area contributed by atoms with Gasteiger partial charge >= 0.3 is 0 Å². The lowest BCUT2D eigenvalue weighted by atomic mass is 10.1. The zero-order chi connectivity index (χ0) is 14.1. The predicted molar refractivity (Wildman–Crippen MR) is 79.5 cm³/mol.